The molecule has 0 radical (unpaired) electrons. The second-order valence-corrected chi connectivity index (χ2v) is 10.6. The van der Waals surface area contributed by atoms with Crippen molar-refractivity contribution in [2.45, 2.75) is 0 Å². The van der Waals surface area contributed by atoms with Gasteiger partial charge in [-0.2, -0.15) is 0 Å². The summed E-state index contributed by atoms with van der Waals surface area (Å²) in [6, 6.07) is 48.5. The maximum Gasteiger partial charge on any atom is 0.236 e. The van der Waals surface area contributed by atoms with Crippen LogP contribution in [0.1, 0.15) is 0 Å². The molecule has 0 amide bonds. The predicted molar refractivity (Wildman–Crippen MR) is 171 cm³/mol. The van der Waals surface area contributed by atoms with E-state index in [2.05, 4.69) is 120 Å². The molecular formula is C38H23N3O. The summed E-state index contributed by atoms with van der Waals surface area (Å²) in [5, 5.41) is 3.37. The quantitative estimate of drug-likeness (QED) is 0.225. The molecule has 0 fully saturated rings. The third-order valence-electron chi connectivity index (χ3n) is 8.23. The van der Waals surface area contributed by atoms with Crippen LogP contribution >= 0.6 is 0 Å². The summed E-state index contributed by atoms with van der Waals surface area (Å²) < 4.78 is 6.44. The minimum atomic E-state index is 0.616. The zero-order chi connectivity index (χ0) is 27.6. The molecule has 3 heterocycles. The third-order valence-corrected chi connectivity index (χ3v) is 8.23. The van der Waals surface area contributed by atoms with E-state index in [1.165, 1.54) is 21.9 Å². The molecule has 42 heavy (non-hydrogen) atoms. The minimum Gasteiger partial charge on any atom is -0.452 e. The Morgan fingerprint density at radius 2 is 1.17 bits per heavy atom. The highest BCUT2D eigenvalue weighted by atomic mass is 16.3. The summed E-state index contributed by atoms with van der Waals surface area (Å²) in [4.78, 5) is 12.7. The van der Waals surface area contributed by atoms with Gasteiger partial charge >= 0.3 is 0 Å². The summed E-state index contributed by atoms with van der Waals surface area (Å²) in [5.74, 6) is 0.616. The Kier molecular flexibility index (Phi) is 4.87. The van der Waals surface area contributed by atoms with Crippen molar-refractivity contribution >= 4 is 50.2 Å². The average molecular weight is 538 g/mol. The van der Waals surface area contributed by atoms with Crippen LogP contribution in [-0.4, -0.2) is 9.97 Å². The van der Waals surface area contributed by atoms with Crippen molar-refractivity contribution < 1.29 is 4.42 Å². The number of para-hydroxylation sites is 2. The van der Waals surface area contributed by atoms with Crippen molar-refractivity contribution in [3.05, 3.63) is 140 Å². The zero-order valence-corrected chi connectivity index (χ0v) is 22.5. The number of nitrogens with zero attached hydrogens (tertiary/aromatic N) is 3. The third kappa shape index (κ3) is 3.36. The molecule has 4 heteroatoms. The van der Waals surface area contributed by atoms with Crippen LogP contribution in [0.3, 0.4) is 0 Å². The van der Waals surface area contributed by atoms with Gasteiger partial charge in [-0.15, -0.1) is 0 Å². The van der Waals surface area contributed by atoms with E-state index in [0.717, 1.165) is 50.2 Å². The molecule has 4 nitrogen and oxygen atoms in total. The van der Waals surface area contributed by atoms with Gasteiger partial charge in [0.2, 0.25) is 5.95 Å². The van der Waals surface area contributed by atoms with Crippen molar-refractivity contribution in [1.82, 2.24) is 9.97 Å². The van der Waals surface area contributed by atoms with Crippen LogP contribution in [0.4, 0.5) is 17.3 Å². The zero-order valence-electron chi connectivity index (χ0n) is 22.5. The van der Waals surface area contributed by atoms with Gasteiger partial charge in [0, 0.05) is 21.9 Å². The topological polar surface area (TPSA) is 42.2 Å². The Labute approximate surface area is 242 Å². The van der Waals surface area contributed by atoms with Crippen LogP contribution in [0, 0.1) is 0 Å². The fourth-order valence-electron chi connectivity index (χ4n) is 6.30. The first-order chi connectivity index (χ1) is 20.8. The Balaban J connectivity index is 1.32. The lowest BCUT2D eigenvalue weighted by molar-refractivity contribution is 0.667. The van der Waals surface area contributed by atoms with Crippen molar-refractivity contribution in [1.29, 1.82) is 0 Å². The van der Waals surface area contributed by atoms with Crippen molar-refractivity contribution in [3.8, 4) is 33.5 Å². The Hall–Kier alpha value is -5.74. The van der Waals surface area contributed by atoms with Gasteiger partial charge in [0.15, 0.2) is 5.58 Å². The smallest absolute Gasteiger partial charge is 0.236 e. The Bertz CT molecular complexity index is 2300. The molecule has 0 saturated heterocycles. The number of hydrogen-bond acceptors (Lipinski definition) is 4. The summed E-state index contributed by atoms with van der Waals surface area (Å²) in [7, 11) is 0. The van der Waals surface area contributed by atoms with E-state index in [9.17, 15) is 0 Å². The molecule has 1 aliphatic rings. The second kappa shape index (κ2) is 8.88. The highest BCUT2D eigenvalue weighted by Crippen LogP contribution is 2.50. The summed E-state index contributed by atoms with van der Waals surface area (Å²) in [6.45, 7) is 0. The predicted octanol–water partition coefficient (Wildman–Crippen LogP) is 10.3. The summed E-state index contributed by atoms with van der Waals surface area (Å²) in [6.07, 6.45) is 0. The summed E-state index contributed by atoms with van der Waals surface area (Å²) >= 11 is 0. The van der Waals surface area contributed by atoms with Crippen LogP contribution in [0.25, 0.3) is 66.4 Å². The molecule has 0 spiro atoms. The lowest BCUT2D eigenvalue weighted by Crippen LogP contribution is -2.17. The molecule has 1 aliphatic heterocycles. The fourth-order valence-corrected chi connectivity index (χ4v) is 6.30. The van der Waals surface area contributed by atoms with Crippen LogP contribution in [0.15, 0.2) is 144 Å². The Morgan fingerprint density at radius 3 is 2.05 bits per heavy atom. The molecule has 2 aromatic heterocycles. The molecule has 8 aromatic rings. The van der Waals surface area contributed by atoms with E-state index in [-0.39, 0.29) is 0 Å². The lowest BCUT2D eigenvalue weighted by Gasteiger charge is -2.32. The van der Waals surface area contributed by atoms with Crippen LogP contribution < -0.4 is 4.90 Å². The Morgan fingerprint density at radius 1 is 0.500 bits per heavy atom. The van der Waals surface area contributed by atoms with Crippen molar-refractivity contribution in [2.24, 2.45) is 0 Å². The van der Waals surface area contributed by atoms with Gasteiger partial charge in [-0.1, -0.05) is 115 Å². The van der Waals surface area contributed by atoms with Gasteiger partial charge in [0.25, 0.3) is 0 Å². The maximum atomic E-state index is 6.44. The van der Waals surface area contributed by atoms with Crippen LogP contribution in [0.2, 0.25) is 0 Å². The first kappa shape index (κ1) is 23.0. The van der Waals surface area contributed by atoms with Gasteiger partial charge < -0.3 is 4.42 Å². The monoisotopic (exact) mass is 537 g/mol. The highest BCUT2D eigenvalue weighted by molar-refractivity contribution is 6.14. The number of anilines is 3. The molecule has 0 N–H and O–H groups in total. The SMILES string of the molecule is c1ccc(-c2ccc(-c3nc(N4c5ccccc5-c5cccc6cccc4c56)nc4c3oc3ccccc34)cc2)cc1. The first-order valence-electron chi connectivity index (χ1n) is 14.1. The van der Waals surface area contributed by atoms with E-state index in [1.54, 1.807) is 0 Å². The van der Waals surface area contributed by atoms with Crippen LogP contribution in [0.5, 0.6) is 0 Å². The van der Waals surface area contributed by atoms with Crippen molar-refractivity contribution in [2.75, 3.05) is 4.90 Å². The standard InChI is InChI=1S/C38H23N3O/c1-2-10-24(11-3-1)25-20-22-27(23-21-25)35-37-36(30-15-5-7-19-33(30)42-37)40-38(39-35)41-31-17-6-4-14-28(31)29-16-8-12-26-13-9-18-32(41)34(26)29/h1-23H. The molecule has 6 aromatic carbocycles. The molecule has 0 atom stereocenters. The number of fused-ring (bicyclic) bond motifs is 5. The van der Waals surface area contributed by atoms with Gasteiger partial charge in [-0.25, -0.2) is 9.97 Å². The van der Waals surface area contributed by atoms with Crippen molar-refractivity contribution in [3.63, 3.8) is 0 Å². The fraction of sp³-hybridized carbons (Fsp3) is 0. The lowest BCUT2D eigenvalue weighted by atomic mass is 9.91. The average Bonchev–Trinajstić information content (AvgIpc) is 3.44. The van der Waals surface area contributed by atoms with E-state index in [4.69, 9.17) is 14.4 Å². The van der Waals surface area contributed by atoms with Gasteiger partial charge in [-0.05, 0) is 46.3 Å². The number of furan rings is 1. The van der Waals surface area contributed by atoms with Crippen LogP contribution in [-0.2, 0) is 0 Å². The number of benzene rings is 6. The highest BCUT2D eigenvalue weighted by Gasteiger charge is 2.29. The normalized spacial score (nSPS) is 12.2. The first-order valence-corrected chi connectivity index (χ1v) is 14.1. The molecule has 0 saturated carbocycles. The summed E-state index contributed by atoms with van der Waals surface area (Å²) in [5.41, 5.74) is 10.9. The molecule has 0 unspecified atom stereocenters. The largest absolute Gasteiger partial charge is 0.452 e. The number of rotatable bonds is 3. The number of hydrogen-bond donors (Lipinski definition) is 0. The molecule has 0 bridgehead atoms. The molecule has 9 rings (SSSR count). The minimum absolute atomic E-state index is 0.616. The second-order valence-electron chi connectivity index (χ2n) is 10.6. The van der Waals surface area contributed by atoms with Gasteiger partial charge in [-0.3, -0.25) is 4.90 Å². The molecule has 0 aliphatic carbocycles. The van der Waals surface area contributed by atoms with E-state index < -0.39 is 0 Å². The maximum absolute atomic E-state index is 6.44. The van der Waals surface area contributed by atoms with Gasteiger partial charge in [0.1, 0.15) is 16.8 Å². The number of aromatic nitrogens is 2. The molecule has 196 valence electrons. The van der Waals surface area contributed by atoms with E-state index in [0.29, 0.717) is 11.5 Å². The molecular weight excluding hydrogens is 514 g/mol. The van der Waals surface area contributed by atoms with E-state index >= 15 is 0 Å². The van der Waals surface area contributed by atoms with Gasteiger partial charge in [0.05, 0.1) is 11.4 Å². The van der Waals surface area contributed by atoms with E-state index in [1.807, 2.05) is 24.3 Å².